The van der Waals surface area contributed by atoms with Gasteiger partial charge in [0, 0.05) is 34.9 Å². The molecule has 2 rings (SSSR count). The van der Waals surface area contributed by atoms with Gasteiger partial charge in [-0.25, -0.2) is 4.68 Å². The summed E-state index contributed by atoms with van der Waals surface area (Å²) in [5.41, 5.74) is 1.07. The minimum atomic E-state index is -0.273. The van der Waals surface area contributed by atoms with Gasteiger partial charge in [0.2, 0.25) is 5.91 Å². The highest BCUT2D eigenvalue weighted by atomic mass is 35.5. The summed E-state index contributed by atoms with van der Waals surface area (Å²) < 4.78 is 1.83. The first-order chi connectivity index (χ1) is 12.4. The van der Waals surface area contributed by atoms with Crippen LogP contribution in [-0.4, -0.2) is 21.5 Å². The molecule has 0 radical (unpaired) electrons. The molecular formula is C21H28ClN3O2. The minimum absolute atomic E-state index is 0.0819. The van der Waals surface area contributed by atoms with Gasteiger partial charge in [0.1, 0.15) is 5.82 Å². The first-order valence-electron chi connectivity index (χ1n) is 9.07. The number of carbonyl (C=O) groups excluding carboxylic acids is 2. The maximum atomic E-state index is 12.4. The highest BCUT2D eigenvalue weighted by Gasteiger charge is 2.25. The number of aromatic nitrogens is 2. The van der Waals surface area contributed by atoms with Crippen molar-refractivity contribution < 1.29 is 9.59 Å². The number of nitrogens with one attached hydrogen (secondary N) is 1. The monoisotopic (exact) mass is 389 g/mol. The molecule has 0 saturated carbocycles. The molecule has 1 heterocycles. The lowest BCUT2D eigenvalue weighted by molar-refractivity contribution is -0.116. The number of ketones is 1. The van der Waals surface area contributed by atoms with Crippen LogP contribution >= 0.6 is 11.6 Å². The number of halogens is 1. The van der Waals surface area contributed by atoms with Crippen molar-refractivity contribution in [3.63, 3.8) is 0 Å². The first kappa shape index (κ1) is 21.2. The smallest absolute Gasteiger partial charge is 0.225 e. The zero-order chi connectivity index (χ0) is 20.4. The zero-order valence-corrected chi connectivity index (χ0v) is 17.6. The maximum Gasteiger partial charge on any atom is 0.225 e. The van der Waals surface area contributed by atoms with E-state index in [9.17, 15) is 9.59 Å². The summed E-state index contributed by atoms with van der Waals surface area (Å²) in [4.78, 5) is 24.6. The van der Waals surface area contributed by atoms with E-state index < -0.39 is 0 Å². The van der Waals surface area contributed by atoms with Gasteiger partial charge in [-0.2, -0.15) is 5.10 Å². The van der Waals surface area contributed by atoms with Crippen LogP contribution in [0.5, 0.6) is 0 Å². The summed E-state index contributed by atoms with van der Waals surface area (Å²) in [5.74, 6) is 0.362. The highest BCUT2D eigenvalue weighted by molar-refractivity contribution is 6.30. The van der Waals surface area contributed by atoms with Crippen molar-refractivity contribution in [2.75, 3.05) is 5.32 Å². The Morgan fingerprint density at radius 3 is 2.15 bits per heavy atom. The average Bonchev–Trinajstić information content (AvgIpc) is 2.97. The second-order valence-corrected chi connectivity index (χ2v) is 9.16. The van der Waals surface area contributed by atoms with Crippen molar-refractivity contribution in [3.8, 4) is 0 Å². The molecule has 0 unspecified atom stereocenters. The number of amides is 1. The standard InChI is InChI=1S/C21H28ClN3O2/c1-20(2,3)17-13-18(25(24-17)21(4,5)6)23-19(27)12-11-16(26)14-7-9-15(22)10-8-14/h7-10,13H,11-12H2,1-6H3,(H,23,27). The Bertz CT molecular complexity index is 825. The average molecular weight is 390 g/mol. The van der Waals surface area contributed by atoms with Crippen LogP contribution in [0.3, 0.4) is 0 Å². The van der Waals surface area contributed by atoms with Gasteiger partial charge in [0.15, 0.2) is 5.78 Å². The van der Waals surface area contributed by atoms with E-state index in [-0.39, 0.29) is 35.5 Å². The summed E-state index contributed by atoms with van der Waals surface area (Å²) in [6, 6.07) is 8.60. The molecular weight excluding hydrogens is 362 g/mol. The van der Waals surface area contributed by atoms with Crippen molar-refractivity contribution in [2.45, 2.75) is 65.3 Å². The lowest BCUT2D eigenvalue weighted by Crippen LogP contribution is -2.27. The van der Waals surface area contributed by atoms with Crippen LogP contribution in [-0.2, 0) is 15.7 Å². The molecule has 0 spiro atoms. The number of hydrogen-bond donors (Lipinski definition) is 1. The van der Waals surface area contributed by atoms with Crippen LogP contribution in [0.25, 0.3) is 0 Å². The summed E-state index contributed by atoms with van der Waals surface area (Å²) in [7, 11) is 0. The Hall–Kier alpha value is -2.14. The fraction of sp³-hybridized carbons (Fsp3) is 0.476. The predicted molar refractivity (Wildman–Crippen MR) is 110 cm³/mol. The molecule has 0 aliphatic heterocycles. The molecule has 0 atom stereocenters. The van der Waals surface area contributed by atoms with Crippen LogP contribution in [0.1, 0.15) is 70.4 Å². The molecule has 0 aliphatic carbocycles. The largest absolute Gasteiger partial charge is 0.311 e. The topological polar surface area (TPSA) is 64.0 Å². The number of nitrogens with zero attached hydrogens (tertiary/aromatic N) is 2. The number of carbonyl (C=O) groups is 2. The van der Waals surface area contributed by atoms with E-state index in [1.54, 1.807) is 24.3 Å². The number of rotatable bonds is 5. The van der Waals surface area contributed by atoms with Gasteiger partial charge in [0.25, 0.3) is 0 Å². The molecule has 1 amide bonds. The van der Waals surface area contributed by atoms with Gasteiger partial charge in [-0.1, -0.05) is 32.4 Å². The van der Waals surface area contributed by atoms with Gasteiger partial charge < -0.3 is 5.32 Å². The fourth-order valence-corrected chi connectivity index (χ4v) is 2.69. The fourth-order valence-electron chi connectivity index (χ4n) is 2.56. The van der Waals surface area contributed by atoms with Crippen molar-refractivity contribution in [2.24, 2.45) is 0 Å². The van der Waals surface area contributed by atoms with Crippen LogP contribution in [0.4, 0.5) is 5.82 Å². The van der Waals surface area contributed by atoms with E-state index in [1.165, 1.54) is 0 Å². The van der Waals surface area contributed by atoms with Crippen LogP contribution in [0, 0.1) is 0 Å². The van der Waals surface area contributed by atoms with E-state index >= 15 is 0 Å². The molecule has 2 aromatic rings. The zero-order valence-electron chi connectivity index (χ0n) is 16.9. The third-order valence-electron chi connectivity index (χ3n) is 4.13. The Balaban J connectivity index is 2.07. The number of benzene rings is 1. The Morgan fingerprint density at radius 1 is 1.04 bits per heavy atom. The molecule has 5 nitrogen and oxygen atoms in total. The van der Waals surface area contributed by atoms with Crippen molar-refractivity contribution in [1.82, 2.24) is 9.78 Å². The molecule has 0 fully saturated rings. The number of anilines is 1. The quantitative estimate of drug-likeness (QED) is 0.715. The van der Waals surface area contributed by atoms with Crippen molar-refractivity contribution >= 4 is 29.1 Å². The van der Waals surface area contributed by atoms with E-state index in [0.29, 0.717) is 16.4 Å². The number of hydrogen-bond acceptors (Lipinski definition) is 3. The Kier molecular flexibility index (Phi) is 6.15. The van der Waals surface area contributed by atoms with E-state index in [4.69, 9.17) is 11.6 Å². The summed E-state index contributed by atoms with van der Waals surface area (Å²) in [6.07, 6.45) is 0.255. The minimum Gasteiger partial charge on any atom is -0.311 e. The Labute approximate surface area is 166 Å². The number of Topliss-reactive ketones (excluding diaryl/α,β-unsaturated/α-hetero) is 1. The van der Waals surface area contributed by atoms with E-state index in [0.717, 1.165) is 5.69 Å². The van der Waals surface area contributed by atoms with Gasteiger partial charge in [-0.15, -0.1) is 0 Å². The maximum absolute atomic E-state index is 12.4. The molecule has 6 heteroatoms. The lowest BCUT2D eigenvalue weighted by Gasteiger charge is -2.23. The normalized spacial score (nSPS) is 12.1. The Morgan fingerprint density at radius 2 is 1.63 bits per heavy atom. The summed E-state index contributed by atoms with van der Waals surface area (Å²) in [5, 5.41) is 8.17. The molecule has 0 aliphatic rings. The van der Waals surface area contributed by atoms with Gasteiger partial charge in [-0.05, 0) is 45.0 Å². The molecule has 0 saturated heterocycles. The second kappa shape index (κ2) is 7.85. The van der Waals surface area contributed by atoms with Crippen LogP contribution in [0.2, 0.25) is 5.02 Å². The third-order valence-corrected chi connectivity index (χ3v) is 4.38. The van der Waals surface area contributed by atoms with Crippen LogP contribution in [0.15, 0.2) is 30.3 Å². The van der Waals surface area contributed by atoms with Gasteiger partial charge in [-0.3, -0.25) is 9.59 Å². The van der Waals surface area contributed by atoms with Gasteiger partial charge >= 0.3 is 0 Å². The SMILES string of the molecule is CC(C)(C)c1cc(NC(=O)CCC(=O)c2ccc(Cl)cc2)n(C(C)(C)C)n1. The van der Waals surface area contributed by atoms with Crippen LogP contribution < -0.4 is 5.32 Å². The summed E-state index contributed by atoms with van der Waals surface area (Å²) >= 11 is 5.84. The second-order valence-electron chi connectivity index (χ2n) is 8.73. The van der Waals surface area contributed by atoms with Crippen molar-refractivity contribution in [1.29, 1.82) is 0 Å². The molecule has 0 bridgehead atoms. The third kappa shape index (κ3) is 5.67. The lowest BCUT2D eigenvalue weighted by atomic mass is 9.92. The molecule has 146 valence electrons. The van der Waals surface area contributed by atoms with E-state index in [2.05, 4.69) is 31.2 Å². The highest BCUT2D eigenvalue weighted by Crippen LogP contribution is 2.28. The van der Waals surface area contributed by atoms with E-state index in [1.807, 2.05) is 31.5 Å². The summed E-state index contributed by atoms with van der Waals surface area (Å²) in [6.45, 7) is 12.3. The molecule has 1 aromatic heterocycles. The molecule has 1 aromatic carbocycles. The predicted octanol–water partition coefficient (Wildman–Crippen LogP) is 5.19. The van der Waals surface area contributed by atoms with Gasteiger partial charge in [0.05, 0.1) is 11.2 Å². The molecule has 1 N–H and O–H groups in total. The van der Waals surface area contributed by atoms with Crippen molar-refractivity contribution in [3.05, 3.63) is 46.6 Å². The molecule has 27 heavy (non-hydrogen) atoms. The first-order valence-corrected chi connectivity index (χ1v) is 9.45.